The highest BCUT2D eigenvalue weighted by molar-refractivity contribution is 5.97. The van der Waals surface area contributed by atoms with Gasteiger partial charge in [0.25, 0.3) is 0 Å². The molecular formula is C41H55N9O9. The molecule has 4 rings (SSSR count). The number of hydrogen-bond acceptors (Lipinski definition) is 10. The fraction of sp³-hybridized carbons (Fsp3) is 0.439. The number of amides is 5. The molecule has 7 atom stereocenters. The number of carboxylic acid groups (broad SMARTS) is 1. The van der Waals surface area contributed by atoms with Crippen molar-refractivity contribution < 1.29 is 44.1 Å². The zero-order valence-electron chi connectivity index (χ0n) is 32.9. The number of piperidine rings is 1. The topological polar surface area (TPSA) is 302 Å². The van der Waals surface area contributed by atoms with Crippen LogP contribution in [0.15, 0.2) is 72.8 Å². The summed E-state index contributed by atoms with van der Waals surface area (Å²) in [5.41, 5.74) is 12.7. The van der Waals surface area contributed by atoms with Gasteiger partial charge in [0.05, 0.1) is 12.7 Å². The van der Waals surface area contributed by atoms with Crippen LogP contribution in [0.1, 0.15) is 50.2 Å². The van der Waals surface area contributed by atoms with Crippen LogP contribution in [0.25, 0.3) is 10.8 Å². The number of aliphatic hydroxyl groups is 2. The lowest BCUT2D eigenvalue weighted by Gasteiger charge is -2.37. The Hall–Kier alpha value is -6.11. The molecule has 0 aromatic heterocycles. The van der Waals surface area contributed by atoms with E-state index in [4.69, 9.17) is 16.9 Å². The third kappa shape index (κ3) is 13.5. The molecule has 3 aromatic carbocycles. The van der Waals surface area contributed by atoms with Crippen LogP contribution < -0.4 is 38.1 Å². The van der Waals surface area contributed by atoms with E-state index in [9.17, 15) is 44.1 Å². The molecule has 1 aliphatic rings. The molecule has 3 aromatic rings. The van der Waals surface area contributed by atoms with Crippen molar-refractivity contribution in [3.05, 3.63) is 83.9 Å². The molecular weight excluding hydrogens is 763 g/mol. The lowest BCUT2D eigenvalue weighted by atomic mass is 9.97. The van der Waals surface area contributed by atoms with Gasteiger partial charge in [-0.1, -0.05) is 72.8 Å². The number of nitrogens with one attached hydrogen (secondary N) is 6. The van der Waals surface area contributed by atoms with Crippen LogP contribution in [0.2, 0.25) is 0 Å². The zero-order chi connectivity index (χ0) is 43.1. The quantitative estimate of drug-likeness (QED) is 0.0372. The number of hydrogen-bond donors (Lipinski definition) is 11. The van der Waals surface area contributed by atoms with Crippen LogP contribution in [-0.2, 0) is 41.6 Å². The van der Waals surface area contributed by atoms with E-state index in [1.807, 2.05) is 36.4 Å². The number of likely N-dealkylation sites (tertiary alicyclic amines) is 1. The monoisotopic (exact) mass is 817 g/mol. The minimum absolute atomic E-state index is 0.0316. The molecule has 0 bridgehead atoms. The second-order valence-electron chi connectivity index (χ2n) is 14.6. The number of aliphatic hydroxyl groups excluding tert-OH is 2. The van der Waals surface area contributed by atoms with E-state index in [1.165, 1.54) is 11.8 Å². The Balaban J connectivity index is 1.58. The van der Waals surface area contributed by atoms with Crippen LogP contribution >= 0.6 is 0 Å². The van der Waals surface area contributed by atoms with Gasteiger partial charge in [0.15, 0.2) is 5.96 Å². The summed E-state index contributed by atoms with van der Waals surface area (Å²) in [6, 6.07) is 13.8. The highest BCUT2D eigenvalue weighted by Crippen LogP contribution is 2.21. The van der Waals surface area contributed by atoms with Crippen molar-refractivity contribution in [3.63, 3.8) is 0 Å². The number of aliphatic carboxylic acids is 1. The van der Waals surface area contributed by atoms with Crippen molar-refractivity contribution >= 4 is 52.2 Å². The van der Waals surface area contributed by atoms with Crippen molar-refractivity contribution in [1.29, 1.82) is 5.41 Å². The first-order chi connectivity index (χ1) is 28.2. The number of nitrogens with two attached hydrogens (primary N) is 2. The average Bonchev–Trinajstić information content (AvgIpc) is 3.22. The van der Waals surface area contributed by atoms with Gasteiger partial charge in [-0.2, -0.15) is 0 Å². The number of rotatable bonds is 20. The number of fused-ring (bicyclic) bond motifs is 1. The van der Waals surface area contributed by atoms with Crippen LogP contribution in [-0.4, -0.2) is 124 Å². The molecule has 0 radical (unpaired) electrons. The van der Waals surface area contributed by atoms with E-state index in [0.717, 1.165) is 10.8 Å². The molecule has 0 spiro atoms. The molecule has 1 fully saturated rings. The van der Waals surface area contributed by atoms with Gasteiger partial charge in [0.1, 0.15) is 36.3 Å². The summed E-state index contributed by atoms with van der Waals surface area (Å²) in [6.45, 7) is 0.824. The number of nitrogens with zero attached hydrogens (tertiary/aromatic N) is 1. The average molecular weight is 818 g/mol. The predicted molar refractivity (Wildman–Crippen MR) is 218 cm³/mol. The molecule has 59 heavy (non-hydrogen) atoms. The number of benzene rings is 3. The summed E-state index contributed by atoms with van der Waals surface area (Å²) in [5.74, 6) is -5.54. The van der Waals surface area contributed by atoms with Gasteiger partial charge in [0.2, 0.25) is 29.5 Å². The fourth-order valence-corrected chi connectivity index (χ4v) is 6.80. The molecule has 18 heteroatoms. The fourth-order valence-electron chi connectivity index (χ4n) is 6.80. The van der Waals surface area contributed by atoms with E-state index < -0.39 is 84.5 Å². The molecule has 0 saturated carbocycles. The minimum Gasteiger partial charge on any atom is -0.480 e. The molecule has 5 amide bonds. The summed E-state index contributed by atoms with van der Waals surface area (Å²) in [6.07, 6.45) is 0.367. The maximum Gasteiger partial charge on any atom is 0.326 e. The summed E-state index contributed by atoms with van der Waals surface area (Å²) in [7, 11) is 0. The highest BCUT2D eigenvalue weighted by Gasteiger charge is 2.38. The molecule has 1 saturated heterocycles. The van der Waals surface area contributed by atoms with Crippen molar-refractivity contribution in [1.82, 2.24) is 31.5 Å². The van der Waals surface area contributed by atoms with Gasteiger partial charge in [-0.25, -0.2) is 4.79 Å². The van der Waals surface area contributed by atoms with Crippen molar-refractivity contribution in [2.75, 3.05) is 19.7 Å². The zero-order valence-corrected chi connectivity index (χ0v) is 32.9. The van der Waals surface area contributed by atoms with Crippen LogP contribution in [0.4, 0.5) is 0 Å². The van der Waals surface area contributed by atoms with E-state index in [1.54, 1.807) is 36.4 Å². The largest absolute Gasteiger partial charge is 0.480 e. The van der Waals surface area contributed by atoms with Crippen molar-refractivity contribution in [2.45, 2.75) is 94.2 Å². The van der Waals surface area contributed by atoms with Crippen molar-refractivity contribution in [3.8, 4) is 0 Å². The maximum absolute atomic E-state index is 14.3. The Morgan fingerprint density at radius 3 is 2.07 bits per heavy atom. The molecule has 318 valence electrons. The number of carboxylic acids is 1. The first-order valence-corrected chi connectivity index (χ1v) is 19.6. The normalized spacial score (nSPS) is 16.9. The van der Waals surface area contributed by atoms with Gasteiger partial charge in [-0.15, -0.1) is 0 Å². The van der Waals surface area contributed by atoms with E-state index in [0.29, 0.717) is 24.0 Å². The Labute approximate surface area is 342 Å². The minimum atomic E-state index is -1.61. The van der Waals surface area contributed by atoms with E-state index in [2.05, 4.69) is 26.6 Å². The van der Waals surface area contributed by atoms with Gasteiger partial charge < -0.3 is 58.3 Å². The Kier molecular flexibility index (Phi) is 17.1. The standard InChI is InChI=1S/C41H55N9O9/c1-24(52)34(42)39(57)50-19-8-7-15-33(50)38(56)47-30(22-26-16-17-27-12-5-6-13-28(27)20-26)36(54)46-29(14-9-18-45-41(43)44)35(53)49-32(23-51)37(55)48-31(40(58)59)21-25-10-3-2-4-11-25/h2-6,10-13,16-17,20,24,29-34,51-52H,7-9,14-15,18-19,21-23,42H2,1H3,(H,46,54)(H,47,56)(H,48,55)(H,49,53)(H,58,59)(H4,43,44,45)/t24-,29-,30-,31+,32-,33-,34+/m0/s1. The van der Waals surface area contributed by atoms with Crippen LogP contribution in [0.5, 0.6) is 0 Å². The molecule has 18 nitrogen and oxygen atoms in total. The second kappa shape index (κ2) is 22.2. The second-order valence-corrected chi connectivity index (χ2v) is 14.6. The van der Waals surface area contributed by atoms with Crippen molar-refractivity contribution in [2.24, 2.45) is 11.5 Å². The number of carbonyl (C=O) groups excluding carboxylic acids is 5. The summed E-state index contributed by atoms with van der Waals surface area (Å²) >= 11 is 0. The molecule has 0 aliphatic carbocycles. The third-order valence-corrected chi connectivity index (χ3v) is 10.1. The van der Waals surface area contributed by atoms with Gasteiger partial charge in [-0.05, 0) is 60.9 Å². The summed E-state index contributed by atoms with van der Waals surface area (Å²) < 4.78 is 0. The summed E-state index contributed by atoms with van der Waals surface area (Å²) in [5, 5.41) is 52.1. The van der Waals surface area contributed by atoms with E-state index in [-0.39, 0.29) is 51.2 Å². The molecule has 0 unspecified atom stereocenters. The van der Waals surface area contributed by atoms with E-state index >= 15 is 0 Å². The third-order valence-electron chi connectivity index (χ3n) is 10.1. The molecule has 13 N–H and O–H groups in total. The predicted octanol–water partition coefficient (Wildman–Crippen LogP) is -1.01. The Morgan fingerprint density at radius 1 is 0.797 bits per heavy atom. The van der Waals surface area contributed by atoms with Gasteiger partial charge >= 0.3 is 5.97 Å². The smallest absolute Gasteiger partial charge is 0.326 e. The van der Waals surface area contributed by atoms with Gasteiger partial charge in [0, 0.05) is 25.9 Å². The Morgan fingerprint density at radius 2 is 1.41 bits per heavy atom. The van der Waals surface area contributed by atoms with Crippen LogP contribution in [0.3, 0.4) is 0 Å². The SMILES string of the molecule is C[C@H](O)[C@@H](N)C(=O)N1CCCC[C@H]1C(=O)N[C@@H](Cc1ccc2ccccc2c1)C(=O)N[C@@H](CCCNC(=N)N)C(=O)N[C@@H](CO)C(=O)N[C@H](Cc1ccccc1)C(=O)O. The first kappa shape index (κ1) is 45.6. The van der Waals surface area contributed by atoms with Crippen LogP contribution in [0, 0.1) is 5.41 Å². The molecule has 1 heterocycles. The lowest BCUT2D eigenvalue weighted by Crippen LogP contribution is -2.61. The highest BCUT2D eigenvalue weighted by atomic mass is 16.4. The first-order valence-electron chi connectivity index (χ1n) is 19.6. The molecule has 1 aliphatic heterocycles. The summed E-state index contributed by atoms with van der Waals surface area (Å²) in [4.78, 5) is 82.0. The maximum atomic E-state index is 14.3. The van der Waals surface area contributed by atoms with Gasteiger partial charge in [-0.3, -0.25) is 29.4 Å². The number of carbonyl (C=O) groups is 6. The lowest BCUT2D eigenvalue weighted by molar-refractivity contribution is -0.145. The Bertz CT molecular complexity index is 1950. The number of guanidine groups is 1.